The molecule has 340 valence electrons. The molecule has 0 saturated heterocycles. The second kappa shape index (κ2) is 27.2. The number of phenolic OH excluding ortho intramolecular Hbond substituents is 1. The second-order valence-electron chi connectivity index (χ2n) is 14.3. The van der Waals surface area contributed by atoms with Gasteiger partial charge in [-0.3, -0.25) is 43.8 Å². The highest BCUT2D eigenvalue weighted by Crippen LogP contribution is 2.14. The minimum atomic E-state index is -1.83. The van der Waals surface area contributed by atoms with E-state index in [9.17, 15) is 58.5 Å². The van der Waals surface area contributed by atoms with E-state index in [0.717, 1.165) is 0 Å². The molecule has 1 aromatic carbocycles. The summed E-state index contributed by atoms with van der Waals surface area (Å²) < 4.78 is 0. The fourth-order valence-electron chi connectivity index (χ4n) is 5.66. The summed E-state index contributed by atoms with van der Waals surface area (Å²) in [5, 5.41) is 62.2. The number of carboxylic acid groups (broad SMARTS) is 3. The molecule has 0 aliphatic heterocycles. The highest BCUT2D eigenvalue weighted by atomic mass is 16.4. The Balaban J connectivity index is 3.50. The molecule has 24 nitrogen and oxygen atoms in total. The van der Waals surface area contributed by atoms with Crippen molar-refractivity contribution in [2.45, 2.75) is 108 Å². The van der Waals surface area contributed by atoms with E-state index in [-0.39, 0.29) is 69.9 Å². The number of nitrogens with two attached hydrogens (primary N) is 3. The first kappa shape index (κ1) is 52.5. The molecule has 61 heavy (non-hydrogen) atoms. The smallest absolute Gasteiger partial charge is 0.326 e. The van der Waals surface area contributed by atoms with Gasteiger partial charge in [-0.1, -0.05) is 26.0 Å². The van der Waals surface area contributed by atoms with Gasteiger partial charge >= 0.3 is 17.9 Å². The molecule has 18 N–H and O–H groups in total. The van der Waals surface area contributed by atoms with Crippen LogP contribution < -0.4 is 54.4 Å². The average Bonchev–Trinajstić information content (AvgIpc) is 3.16. The molecule has 0 spiro atoms. The van der Waals surface area contributed by atoms with Crippen molar-refractivity contribution < 1.29 is 63.6 Å². The highest BCUT2D eigenvalue weighted by Gasteiger charge is 2.35. The molecular formula is C37H59N11O13. The molecular weight excluding hydrogens is 806 g/mol. The molecule has 0 saturated carbocycles. The van der Waals surface area contributed by atoms with Crippen LogP contribution >= 0.6 is 0 Å². The number of aliphatic carboxylic acids is 3. The number of amides is 6. The predicted octanol–water partition coefficient (Wildman–Crippen LogP) is -3.73. The maximum Gasteiger partial charge on any atom is 0.326 e. The Kier molecular flexibility index (Phi) is 23.4. The Morgan fingerprint density at radius 1 is 0.623 bits per heavy atom. The van der Waals surface area contributed by atoms with Crippen LogP contribution in [0.4, 0.5) is 0 Å². The van der Waals surface area contributed by atoms with E-state index >= 15 is 0 Å². The van der Waals surface area contributed by atoms with E-state index in [1.165, 1.54) is 24.3 Å². The van der Waals surface area contributed by atoms with Crippen LogP contribution in [0, 0.1) is 11.3 Å². The normalized spacial score (nSPS) is 13.8. The van der Waals surface area contributed by atoms with Crippen molar-refractivity contribution in [1.82, 2.24) is 37.2 Å². The number of guanidine groups is 1. The first-order valence-corrected chi connectivity index (χ1v) is 19.4. The number of rotatable bonds is 29. The molecule has 24 heteroatoms. The zero-order chi connectivity index (χ0) is 46.2. The Labute approximate surface area is 351 Å². The number of phenols is 1. The largest absolute Gasteiger partial charge is 0.508 e. The van der Waals surface area contributed by atoms with Gasteiger partial charge in [-0.25, -0.2) is 4.79 Å². The molecule has 0 bridgehead atoms. The molecule has 0 aliphatic rings. The number of unbranched alkanes of at least 4 members (excludes halogenated alkanes) is 1. The third-order valence-electron chi connectivity index (χ3n) is 8.85. The maximum absolute atomic E-state index is 14.0. The summed E-state index contributed by atoms with van der Waals surface area (Å²) in [6.07, 6.45) is -1.64. The number of carboxylic acids is 3. The van der Waals surface area contributed by atoms with Crippen molar-refractivity contribution in [1.29, 1.82) is 5.41 Å². The maximum atomic E-state index is 14.0. The summed E-state index contributed by atoms with van der Waals surface area (Å²) >= 11 is 0. The summed E-state index contributed by atoms with van der Waals surface area (Å²) in [7, 11) is 0. The van der Waals surface area contributed by atoms with Crippen LogP contribution in [-0.4, -0.2) is 136 Å². The van der Waals surface area contributed by atoms with Gasteiger partial charge in [0.25, 0.3) is 0 Å². The topological polar surface area (TPSA) is 421 Å². The van der Waals surface area contributed by atoms with Crippen molar-refractivity contribution in [2.24, 2.45) is 23.1 Å². The number of hydrogen-bond acceptors (Lipinski definition) is 13. The number of hydrogen-bond donors (Lipinski definition) is 15. The summed E-state index contributed by atoms with van der Waals surface area (Å²) in [5.74, 6) is -11.3. The second-order valence-corrected chi connectivity index (χ2v) is 14.3. The van der Waals surface area contributed by atoms with Crippen molar-refractivity contribution >= 4 is 59.3 Å². The molecule has 1 rings (SSSR count). The summed E-state index contributed by atoms with van der Waals surface area (Å²) in [6, 6.07) is -3.59. The molecule has 0 fully saturated rings. The standard InChI is InChI=1S/C37H59N11O13/c1-19(2)30(48-32(56)23(7-5-15-42-37(40)41)45-34(58)25(17-28(51)52)43-27(50)12-14-39)35(59)46-24(16-20-8-10-21(49)11-9-20)33(57)44-22(6-3-4-13-38)31(55)47-26(36(60)61)18-29(53)54/h8-11,19,22-26,30,49H,3-7,12-18,38-39H2,1-2H3,(H,43,50)(H,44,57)(H,45,58)(H,46,59)(H,47,55)(H,48,56)(H,51,52)(H,53,54)(H,60,61)(H4,40,41,42)/t22-,23-,24-,25+,26-,30-/m0/s1. The lowest BCUT2D eigenvalue weighted by atomic mass is 9.99. The van der Waals surface area contributed by atoms with E-state index in [0.29, 0.717) is 12.0 Å². The van der Waals surface area contributed by atoms with E-state index in [1.807, 2.05) is 0 Å². The van der Waals surface area contributed by atoms with Crippen LogP contribution in [-0.2, 0) is 49.6 Å². The molecule has 0 aromatic heterocycles. The number of nitrogens with one attached hydrogen (secondary N) is 8. The van der Waals surface area contributed by atoms with Gasteiger partial charge in [0.2, 0.25) is 35.4 Å². The van der Waals surface area contributed by atoms with Crippen LogP contribution in [0.25, 0.3) is 0 Å². The fourth-order valence-corrected chi connectivity index (χ4v) is 5.66. The number of carbonyl (C=O) groups excluding carboxylic acids is 6. The van der Waals surface area contributed by atoms with Gasteiger partial charge in [0, 0.05) is 25.9 Å². The van der Waals surface area contributed by atoms with Gasteiger partial charge in [0.05, 0.1) is 12.8 Å². The molecule has 0 radical (unpaired) electrons. The molecule has 0 heterocycles. The molecule has 1 aromatic rings. The van der Waals surface area contributed by atoms with E-state index in [4.69, 9.17) is 27.7 Å². The summed E-state index contributed by atoms with van der Waals surface area (Å²) in [5.41, 5.74) is 16.8. The molecule has 0 aliphatic carbocycles. The Hall–Kier alpha value is -6.56. The fraction of sp³-hybridized carbons (Fsp3) is 0.568. The number of benzene rings is 1. The first-order valence-electron chi connectivity index (χ1n) is 19.4. The molecule has 6 amide bonds. The van der Waals surface area contributed by atoms with Crippen molar-refractivity contribution in [2.75, 3.05) is 19.6 Å². The van der Waals surface area contributed by atoms with Crippen molar-refractivity contribution in [3.8, 4) is 5.75 Å². The SMILES string of the molecule is CC(C)[C@H](NC(=O)[C@H](CCCNC(=N)N)NC(=O)[C@@H](CC(=O)O)NC(=O)CCN)C(=O)N[C@@H](Cc1ccc(O)cc1)C(=O)N[C@@H](CCCCN)C(=O)N[C@@H](CC(=O)O)C(=O)O. The lowest BCUT2D eigenvalue weighted by molar-refractivity contribution is -0.147. The van der Waals surface area contributed by atoms with Gasteiger partial charge < -0.3 is 74.8 Å². The van der Waals surface area contributed by atoms with Crippen molar-refractivity contribution in [3.63, 3.8) is 0 Å². The van der Waals surface area contributed by atoms with Gasteiger partial charge in [-0.05, 0) is 62.3 Å². The first-order chi connectivity index (χ1) is 28.7. The molecule has 6 atom stereocenters. The van der Waals surface area contributed by atoms with Gasteiger partial charge in [-0.2, -0.15) is 0 Å². The van der Waals surface area contributed by atoms with Crippen LogP contribution in [0.5, 0.6) is 5.75 Å². The minimum Gasteiger partial charge on any atom is -0.508 e. The highest BCUT2D eigenvalue weighted by molar-refractivity contribution is 5.97. The van der Waals surface area contributed by atoms with Gasteiger partial charge in [0.1, 0.15) is 42.0 Å². The summed E-state index contributed by atoms with van der Waals surface area (Å²) in [6.45, 7) is 3.32. The van der Waals surface area contributed by atoms with Crippen LogP contribution in [0.2, 0.25) is 0 Å². The van der Waals surface area contributed by atoms with Gasteiger partial charge in [-0.15, -0.1) is 0 Å². The monoisotopic (exact) mass is 865 g/mol. The lowest BCUT2D eigenvalue weighted by Gasteiger charge is -2.29. The van der Waals surface area contributed by atoms with E-state index in [2.05, 4.69) is 37.2 Å². The third-order valence-corrected chi connectivity index (χ3v) is 8.85. The van der Waals surface area contributed by atoms with E-state index in [1.54, 1.807) is 13.8 Å². The minimum absolute atomic E-state index is 0.0577. The van der Waals surface area contributed by atoms with Crippen LogP contribution in [0.15, 0.2) is 24.3 Å². The lowest BCUT2D eigenvalue weighted by Crippen LogP contribution is -2.61. The quantitative estimate of drug-likeness (QED) is 0.0209. The molecule has 0 unspecified atom stereocenters. The van der Waals surface area contributed by atoms with Crippen LogP contribution in [0.3, 0.4) is 0 Å². The number of carbonyl (C=O) groups is 9. The number of aromatic hydroxyl groups is 1. The zero-order valence-electron chi connectivity index (χ0n) is 34.0. The zero-order valence-corrected chi connectivity index (χ0v) is 34.0. The average molecular weight is 866 g/mol. The Bertz CT molecular complexity index is 1690. The van der Waals surface area contributed by atoms with E-state index < -0.39 is 108 Å². The van der Waals surface area contributed by atoms with Crippen LogP contribution in [0.1, 0.15) is 70.8 Å². The predicted molar refractivity (Wildman–Crippen MR) is 216 cm³/mol. The Morgan fingerprint density at radius 2 is 1.11 bits per heavy atom. The van der Waals surface area contributed by atoms with Crippen molar-refractivity contribution in [3.05, 3.63) is 29.8 Å². The third kappa shape index (κ3) is 20.8. The Morgan fingerprint density at radius 3 is 1.62 bits per heavy atom. The summed E-state index contributed by atoms with van der Waals surface area (Å²) in [4.78, 5) is 115. The van der Waals surface area contributed by atoms with Gasteiger partial charge in [0.15, 0.2) is 5.96 Å².